The van der Waals surface area contributed by atoms with Gasteiger partial charge in [0.05, 0.1) is 6.67 Å². The Morgan fingerprint density at radius 2 is 2.20 bits per heavy atom. The molecule has 0 aliphatic carbocycles. The van der Waals surface area contributed by atoms with E-state index in [1.54, 1.807) is 6.92 Å². The molecule has 0 aromatic carbocycles. The minimum atomic E-state index is -0.247. The van der Waals surface area contributed by atoms with E-state index in [0.717, 1.165) is 19.5 Å². The standard InChI is InChI=1S/C12H22FNO/c1-11(15)10-12-6-3-2-4-8-14(12)9-5-7-13/h12H,2-10H2,1H3. The van der Waals surface area contributed by atoms with Crippen molar-refractivity contribution in [2.75, 3.05) is 19.8 Å². The molecule has 1 aliphatic rings. The summed E-state index contributed by atoms with van der Waals surface area (Å²) < 4.78 is 12.1. The summed E-state index contributed by atoms with van der Waals surface area (Å²) in [5.74, 6) is 0.257. The van der Waals surface area contributed by atoms with Crippen molar-refractivity contribution in [2.45, 2.75) is 51.5 Å². The third-order valence-corrected chi connectivity index (χ3v) is 3.10. The van der Waals surface area contributed by atoms with E-state index in [0.29, 0.717) is 18.9 Å². The number of rotatable bonds is 5. The Labute approximate surface area is 91.8 Å². The molecule has 2 nitrogen and oxygen atoms in total. The number of hydrogen-bond acceptors (Lipinski definition) is 2. The summed E-state index contributed by atoms with van der Waals surface area (Å²) in [5.41, 5.74) is 0. The maximum absolute atomic E-state index is 12.1. The predicted molar refractivity (Wildman–Crippen MR) is 59.7 cm³/mol. The van der Waals surface area contributed by atoms with E-state index < -0.39 is 0 Å². The Morgan fingerprint density at radius 3 is 2.87 bits per heavy atom. The lowest BCUT2D eigenvalue weighted by molar-refractivity contribution is -0.118. The molecule has 0 aromatic heterocycles. The zero-order chi connectivity index (χ0) is 11.1. The number of carbonyl (C=O) groups is 1. The highest BCUT2D eigenvalue weighted by molar-refractivity contribution is 5.76. The third-order valence-electron chi connectivity index (χ3n) is 3.10. The van der Waals surface area contributed by atoms with Gasteiger partial charge in [-0.05, 0) is 32.7 Å². The van der Waals surface area contributed by atoms with Gasteiger partial charge in [-0.25, -0.2) is 0 Å². The molecule has 1 atom stereocenters. The number of halogens is 1. The summed E-state index contributed by atoms with van der Waals surface area (Å²) >= 11 is 0. The lowest BCUT2D eigenvalue weighted by Gasteiger charge is -2.28. The van der Waals surface area contributed by atoms with Gasteiger partial charge in [-0.1, -0.05) is 12.8 Å². The van der Waals surface area contributed by atoms with Crippen LogP contribution in [0.1, 0.15) is 45.4 Å². The first kappa shape index (κ1) is 12.6. The Bertz CT molecular complexity index is 196. The summed E-state index contributed by atoms with van der Waals surface area (Å²) in [6.07, 6.45) is 6.01. The van der Waals surface area contributed by atoms with Crippen LogP contribution in [0.5, 0.6) is 0 Å². The molecule has 15 heavy (non-hydrogen) atoms. The van der Waals surface area contributed by atoms with Crippen molar-refractivity contribution in [3.8, 4) is 0 Å². The quantitative estimate of drug-likeness (QED) is 0.702. The molecule has 0 amide bonds. The van der Waals surface area contributed by atoms with Crippen molar-refractivity contribution >= 4 is 5.78 Å². The molecule has 0 N–H and O–H groups in total. The second-order valence-electron chi connectivity index (χ2n) is 4.49. The second-order valence-corrected chi connectivity index (χ2v) is 4.49. The van der Waals surface area contributed by atoms with Crippen LogP contribution < -0.4 is 0 Å². The van der Waals surface area contributed by atoms with Crippen LogP contribution in [0.15, 0.2) is 0 Å². The van der Waals surface area contributed by atoms with Crippen molar-refractivity contribution in [1.29, 1.82) is 0 Å². The average molecular weight is 215 g/mol. The number of alkyl halides is 1. The molecule has 3 heteroatoms. The molecule has 1 aliphatic heterocycles. The number of carbonyl (C=O) groups excluding carboxylic acids is 1. The van der Waals surface area contributed by atoms with Gasteiger partial charge in [0.15, 0.2) is 0 Å². The van der Waals surface area contributed by atoms with Crippen molar-refractivity contribution in [3.05, 3.63) is 0 Å². The maximum Gasteiger partial charge on any atom is 0.131 e. The van der Waals surface area contributed by atoms with E-state index in [2.05, 4.69) is 4.90 Å². The smallest absolute Gasteiger partial charge is 0.131 e. The highest BCUT2D eigenvalue weighted by Crippen LogP contribution is 2.19. The monoisotopic (exact) mass is 215 g/mol. The number of hydrogen-bond donors (Lipinski definition) is 0. The summed E-state index contributed by atoms with van der Waals surface area (Å²) in [4.78, 5) is 13.5. The molecule has 1 fully saturated rings. The Balaban J connectivity index is 2.46. The van der Waals surface area contributed by atoms with Gasteiger partial charge in [-0.3, -0.25) is 14.1 Å². The Morgan fingerprint density at radius 1 is 1.40 bits per heavy atom. The van der Waals surface area contributed by atoms with Crippen molar-refractivity contribution in [2.24, 2.45) is 0 Å². The first-order valence-corrected chi connectivity index (χ1v) is 6.03. The van der Waals surface area contributed by atoms with Crippen LogP contribution in [0, 0.1) is 0 Å². The maximum atomic E-state index is 12.1. The first-order valence-electron chi connectivity index (χ1n) is 6.03. The van der Waals surface area contributed by atoms with E-state index >= 15 is 0 Å². The molecular formula is C12H22FNO. The number of ketones is 1. The molecule has 0 bridgehead atoms. The summed E-state index contributed by atoms with van der Waals surface area (Å²) in [6, 6.07) is 0.372. The zero-order valence-corrected chi connectivity index (χ0v) is 9.67. The van der Waals surface area contributed by atoms with Crippen LogP contribution in [-0.2, 0) is 4.79 Å². The lowest BCUT2D eigenvalue weighted by atomic mass is 10.0. The fraction of sp³-hybridized carbons (Fsp3) is 0.917. The molecule has 88 valence electrons. The average Bonchev–Trinajstić information content (AvgIpc) is 2.40. The van der Waals surface area contributed by atoms with Gasteiger partial charge in [0.2, 0.25) is 0 Å². The lowest BCUT2D eigenvalue weighted by Crippen LogP contribution is -2.37. The van der Waals surface area contributed by atoms with Crippen LogP contribution in [0.2, 0.25) is 0 Å². The molecule has 1 unspecified atom stereocenters. The van der Waals surface area contributed by atoms with Gasteiger partial charge < -0.3 is 0 Å². The van der Waals surface area contributed by atoms with Crippen LogP contribution in [-0.4, -0.2) is 36.5 Å². The highest BCUT2D eigenvalue weighted by Gasteiger charge is 2.21. The first-order chi connectivity index (χ1) is 7.24. The Kier molecular flexibility index (Phi) is 5.84. The summed E-state index contributed by atoms with van der Waals surface area (Å²) in [7, 11) is 0. The highest BCUT2D eigenvalue weighted by atomic mass is 19.1. The largest absolute Gasteiger partial charge is 0.300 e. The van der Waals surface area contributed by atoms with Gasteiger partial charge in [-0.2, -0.15) is 0 Å². The molecule has 0 spiro atoms. The van der Waals surface area contributed by atoms with Crippen molar-refractivity contribution in [1.82, 2.24) is 4.90 Å². The molecule has 1 saturated heterocycles. The zero-order valence-electron chi connectivity index (χ0n) is 9.67. The molecule has 1 heterocycles. The minimum Gasteiger partial charge on any atom is -0.300 e. The van der Waals surface area contributed by atoms with Crippen molar-refractivity contribution in [3.63, 3.8) is 0 Å². The van der Waals surface area contributed by atoms with Crippen LogP contribution >= 0.6 is 0 Å². The molecular weight excluding hydrogens is 193 g/mol. The fourth-order valence-electron chi connectivity index (χ4n) is 2.36. The van der Waals surface area contributed by atoms with Crippen LogP contribution in [0.4, 0.5) is 4.39 Å². The molecule has 1 rings (SSSR count). The third kappa shape index (κ3) is 4.74. The topological polar surface area (TPSA) is 20.3 Å². The normalized spacial score (nSPS) is 23.7. The van der Waals surface area contributed by atoms with E-state index in [4.69, 9.17) is 0 Å². The number of Topliss-reactive ketones (excluding diaryl/α,β-unsaturated/α-hetero) is 1. The number of likely N-dealkylation sites (tertiary alicyclic amines) is 1. The van der Waals surface area contributed by atoms with Gasteiger partial charge in [-0.15, -0.1) is 0 Å². The molecule has 0 radical (unpaired) electrons. The van der Waals surface area contributed by atoms with E-state index in [9.17, 15) is 9.18 Å². The molecule has 0 saturated carbocycles. The van der Waals surface area contributed by atoms with Crippen molar-refractivity contribution < 1.29 is 9.18 Å². The summed E-state index contributed by atoms with van der Waals surface area (Å²) in [6.45, 7) is 3.26. The van der Waals surface area contributed by atoms with Gasteiger partial charge in [0, 0.05) is 19.0 Å². The van der Waals surface area contributed by atoms with E-state index in [-0.39, 0.29) is 12.5 Å². The van der Waals surface area contributed by atoms with E-state index in [1.165, 1.54) is 19.3 Å². The van der Waals surface area contributed by atoms with E-state index in [1.807, 2.05) is 0 Å². The Hall–Kier alpha value is -0.440. The predicted octanol–water partition coefficient (Wildman–Crippen LogP) is 2.57. The van der Waals surface area contributed by atoms with Gasteiger partial charge in [0.25, 0.3) is 0 Å². The van der Waals surface area contributed by atoms with Gasteiger partial charge in [0.1, 0.15) is 5.78 Å². The number of nitrogens with zero attached hydrogens (tertiary/aromatic N) is 1. The summed E-state index contributed by atoms with van der Waals surface area (Å²) in [5, 5.41) is 0. The van der Waals surface area contributed by atoms with Crippen LogP contribution in [0.3, 0.4) is 0 Å². The SMILES string of the molecule is CC(=O)CC1CCCCCN1CCCF. The minimum absolute atomic E-state index is 0.247. The van der Waals surface area contributed by atoms with Gasteiger partial charge >= 0.3 is 0 Å². The second kappa shape index (κ2) is 6.94. The molecule has 0 aromatic rings. The van der Waals surface area contributed by atoms with Crippen LogP contribution in [0.25, 0.3) is 0 Å². The fourth-order valence-corrected chi connectivity index (χ4v) is 2.36.